The van der Waals surface area contributed by atoms with E-state index >= 15 is 0 Å². The first kappa shape index (κ1) is 17.6. The molecule has 128 valence electrons. The van der Waals surface area contributed by atoms with Crippen LogP contribution in [0.4, 0.5) is 18.0 Å². The first-order valence-electron chi connectivity index (χ1n) is 7.07. The SMILES string of the molecule is CC(C)[C@@H]1N(C(=O)OCc2ccccc2)CO[C@]1(O)C(F)(F)F. The molecule has 8 heteroatoms. The molecule has 0 aliphatic carbocycles. The quantitative estimate of drug-likeness (QED) is 0.924. The summed E-state index contributed by atoms with van der Waals surface area (Å²) in [5.41, 5.74) is 0.702. The maximum Gasteiger partial charge on any atom is 0.445 e. The minimum atomic E-state index is -5.02. The molecular weight excluding hydrogens is 315 g/mol. The van der Waals surface area contributed by atoms with E-state index in [1.807, 2.05) is 0 Å². The first-order valence-corrected chi connectivity index (χ1v) is 7.07. The summed E-state index contributed by atoms with van der Waals surface area (Å²) in [5.74, 6) is -4.08. The van der Waals surface area contributed by atoms with Crippen LogP contribution in [0.5, 0.6) is 0 Å². The van der Waals surface area contributed by atoms with Crippen molar-refractivity contribution in [2.45, 2.75) is 38.5 Å². The molecule has 0 aromatic heterocycles. The Balaban J connectivity index is 2.11. The normalized spacial score (nSPS) is 25.0. The van der Waals surface area contributed by atoms with E-state index in [2.05, 4.69) is 4.74 Å². The maximum absolute atomic E-state index is 13.1. The average Bonchev–Trinajstić information content (AvgIpc) is 2.85. The second-order valence-electron chi connectivity index (χ2n) is 5.67. The highest BCUT2D eigenvalue weighted by Crippen LogP contribution is 2.43. The lowest BCUT2D eigenvalue weighted by atomic mass is 9.94. The Labute approximate surface area is 131 Å². The van der Waals surface area contributed by atoms with Gasteiger partial charge in [-0.05, 0) is 11.5 Å². The molecule has 1 N–H and O–H groups in total. The third kappa shape index (κ3) is 3.42. The van der Waals surface area contributed by atoms with Gasteiger partial charge < -0.3 is 14.6 Å². The Morgan fingerprint density at radius 2 is 2.04 bits per heavy atom. The van der Waals surface area contributed by atoms with Gasteiger partial charge >= 0.3 is 12.3 Å². The molecule has 0 spiro atoms. The molecule has 1 aromatic rings. The number of nitrogens with zero attached hydrogens (tertiary/aromatic N) is 1. The van der Waals surface area contributed by atoms with E-state index in [-0.39, 0.29) is 6.61 Å². The number of ether oxygens (including phenoxy) is 2. The molecule has 2 rings (SSSR count). The molecule has 1 heterocycles. The van der Waals surface area contributed by atoms with Crippen molar-refractivity contribution >= 4 is 6.09 Å². The maximum atomic E-state index is 13.1. The topological polar surface area (TPSA) is 59.0 Å². The van der Waals surface area contributed by atoms with E-state index in [0.29, 0.717) is 5.56 Å². The van der Waals surface area contributed by atoms with E-state index in [1.54, 1.807) is 30.3 Å². The predicted octanol–water partition coefficient (Wildman–Crippen LogP) is 2.89. The number of hydrogen-bond acceptors (Lipinski definition) is 4. The van der Waals surface area contributed by atoms with Crippen LogP contribution in [0.2, 0.25) is 0 Å². The van der Waals surface area contributed by atoms with Gasteiger partial charge in [0, 0.05) is 0 Å². The van der Waals surface area contributed by atoms with Crippen LogP contribution in [0.3, 0.4) is 0 Å². The Morgan fingerprint density at radius 1 is 1.43 bits per heavy atom. The van der Waals surface area contributed by atoms with E-state index in [0.717, 1.165) is 4.90 Å². The van der Waals surface area contributed by atoms with Crippen LogP contribution in [0.25, 0.3) is 0 Å². The van der Waals surface area contributed by atoms with Gasteiger partial charge in [0.25, 0.3) is 5.79 Å². The number of hydrogen-bond donors (Lipinski definition) is 1. The highest BCUT2D eigenvalue weighted by molar-refractivity contribution is 5.68. The van der Waals surface area contributed by atoms with Gasteiger partial charge in [-0.15, -0.1) is 0 Å². The summed E-state index contributed by atoms with van der Waals surface area (Å²) >= 11 is 0. The zero-order valence-electron chi connectivity index (χ0n) is 12.7. The lowest BCUT2D eigenvalue weighted by Crippen LogP contribution is -2.58. The van der Waals surface area contributed by atoms with Gasteiger partial charge in [0.05, 0.1) is 0 Å². The molecule has 0 radical (unpaired) electrons. The van der Waals surface area contributed by atoms with Gasteiger partial charge in [-0.1, -0.05) is 44.2 Å². The van der Waals surface area contributed by atoms with E-state index < -0.39 is 36.7 Å². The van der Waals surface area contributed by atoms with Crippen molar-refractivity contribution in [2.24, 2.45) is 5.92 Å². The minimum absolute atomic E-state index is 0.0779. The lowest BCUT2D eigenvalue weighted by molar-refractivity contribution is -0.357. The molecule has 0 bridgehead atoms. The molecule has 0 unspecified atom stereocenters. The molecule has 2 atom stereocenters. The third-order valence-electron chi connectivity index (χ3n) is 3.64. The van der Waals surface area contributed by atoms with Crippen LogP contribution in [0, 0.1) is 5.92 Å². The largest absolute Gasteiger partial charge is 0.445 e. The van der Waals surface area contributed by atoms with Crippen LogP contribution in [-0.4, -0.2) is 40.8 Å². The predicted molar refractivity (Wildman–Crippen MR) is 74.0 cm³/mol. The summed E-state index contributed by atoms with van der Waals surface area (Å²) in [6, 6.07) is 7.16. The van der Waals surface area contributed by atoms with Crippen LogP contribution in [-0.2, 0) is 16.1 Å². The van der Waals surface area contributed by atoms with Gasteiger partial charge in [-0.25, -0.2) is 4.79 Å². The van der Waals surface area contributed by atoms with E-state index in [4.69, 9.17) is 4.74 Å². The fourth-order valence-electron chi connectivity index (χ4n) is 2.57. The van der Waals surface area contributed by atoms with Crippen molar-refractivity contribution < 1.29 is 32.5 Å². The number of aliphatic hydroxyl groups is 1. The summed E-state index contributed by atoms with van der Waals surface area (Å²) in [4.78, 5) is 12.9. The molecule has 1 fully saturated rings. The van der Waals surface area contributed by atoms with Crippen molar-refractivity contribution in [3.8, 4) is 0 Å². The molecule has 0 saturated carbocycles. The summed E-state index contributed by atoms with van der Waals surface area (Å²) < 4.78 is 48.8. The second-order valence-corrected chi connectivity index (χ2v) is 5.67. The number of amides is 1. The molecule has 1 saturated heterocycles. The van der Waals surface area contributed by atoms with E-state index in [1.165, 1.54) is 13.8 Å². The van der Waals surface area contributed by atoms with E-state index in [9.17, 15) is 23.1 Å². The monoisotopic (exact) mass is 333 g/mol. The zero-order valence-corrected chi connectivity index (χ0v) is 12.7. The Morgan fingerprint density at radius 3 is 2.57 bits per heavy atom. The molecule has 1 aliphatic rings. The smallest absolute Gasteiger partial charge is 0.444 e. The highest BCUT2D eigenvalue weighted by Gasteiger charge is 2.67. The van der Waals surface area contributed by atoms with Crippen molar-refractivity contribution in [2.75, 3.05) is 6.73 Å². The van der Waals surface area contributed by atoms with Crippen molar-refractivity contribution in [1.29, 1.82) is 0 Å². The molecule has 5 nitrogen and oxygen atoms in total. The number of carbonyl (C=O) groups is 1. The molecule has 1 aromatic carbocycles. The highest BCUT2D eigenvalue weighted by atomic mass is 19.4. The number of alkyl halides is 3. The molecule has 1 amide bonds. The third-order valence-corrected chi connectivity index (χ3v) is 3.64. The number of halogens is 3. The van der Waals surface area contributed by atoms with Crippen LogP contribution >= 0.6 is 0 Å². The minimum Gasteiger partial charge on any atom is -0.444 e. The summed E-state index contributed by atoms with van der Waals surface area (Å²) in [7, 11) is 0. The van der Waals surface area contributed by atoms with Crippen LogP contribution < -0.4 is 0 Å². The Bertz CT molecular complexity index is 549. The second kappa shape index (κ2) is 6.37. The lowest BCUT2D eigenvalue weighted by Gasteiger charge is -2.34. The van der Waals surface area contributed by atoms with Crippen LogP contribution in [0.15, 0.2) is 30.3 Å². The fourth-order valence-corrected chi connectivity index (χ4v) is 2.57. The number of benzene rings is 1. The molecule has 1 aliphatic heterocycles. The van der Waals surface area contributed by atoms with Crippen molar-refractivity contribution in [3.63, 3.8) is 0 Å². The Hall–Kier alpha value is -1.80. The molecule has 23 heavy (non-hydrogen) atoms. The van der Waals surface area contributed by atoms with Crippen LogP contribution in [0.1, 0.15) is 19.4 Å². The number of carbonyl (C=O) groups excluding carboxylic acids is 1. The molecular formula is C15H18F3NO4. The van der Waals surface area contributed by atoms with Gasteiger partial charge in [0.2, 0.25) is 0 Å². The average molecular weight is 333 g/mol. The van der Waals surface area contributed by atoms with Crippen molar-refractivity contribution in [3.05, 3.63) is 35.9 Å². The van der Waals surface area contributed by atoms with Crippen molar-refractivity contribution in [1.82, 2.24) is 4.90 Å². The summed E-state index contributed by atoms with van der Waals surface area (Å²) in [6.07, 6.45) is -5.98. The summed E-state index contributed by atoms with van der Waals surface area (Å²) in [6.45, 7) is 2.17. The van der Waals surface area contributed by atoms with Gasteiger partial charge in [0.15, 0.2) is 0 Å². The van der Waals surface area contributed by atoms with Gasteiger partial charge in [-0.2, -0.15) is 13.2 Å². The number of rotatable bonds is 3. The first-order chi connectivity index (χ1) is 10.7. The summed E-state index contributed by atoms with van der Waals surface area (Å²) in [5, 5.41) is 9.87. The van der Waals surface area contributed by atoms with Gasteiger partial charge in [-0.3, -0.25) is 4.90 Å². The van der Waals surface area contributed by atoms with Gasteiger partial charge in [0.1, 0.15) is 19.4 Å². The zero-order chi connectivity index (χ0) is 17.3. The fraction of sp³-hybridized carbons (Fsp3) is 0.533. The standard InChI is InChI=1S/C15H18F3NO4/c1-10(2)12-14(21,15(16,17)18)23-9-19(12)13(20)22-8-11-6-4-3-5-7-11/h3-7,10,12,21H,8-9H2,1-2H3/t12-,14-/m0/s1. The Kier molecular flexibility index (Phi) is 4.86.